The molecule has 1 aromatic heterocycles. The van der Waals surface area contributed by atoms with Crippen LogP contribution in [0.25, 0.3) is 0 Å². The highest BCUT2D eigenvalue weighted by Gasteiger charge is 2.22. The quantitative estimate of drug-likeness (QED) is 0.833. The van der Waals surface area contributed by atoms with Gasteiger partial charge in [-0.15, -0.1) is 0 Å². The van der Waals surface area contributed by atoms with Gasteiger partial charge >= 0.3 is 0 Å². The van der Waals surface area contributed by atoms with Crippen LogP contribution in [0.4, 0.5) is 0 Å². The summed E-state index contributed by atoms with van der Waals surface area (Å²) < 4.78 is 2.02. The summed E-state index contributed by atoms with van der Waals surface area (Å²) >= 11 is 0. The second kappa shape index (κ2) is 8.65. The Morgan fingerprint density at radius 1 is 1.29 bits per heavy atom. The van der Waals surface area contributed by atoms with E-state index in [2.05, 4.69) is 50.1 Å². The van der Waals surface area contributed by atoms with E-state index in [0.29, 0.717) is 17.8 Å². The van der Waals surface area contributed by atoms with Crippen LogP contribution < -0.4 is 5.32 Å². The van der Waals surface area contributed by atoms with Gasteiger partial charge in [0.05, 0.1) is 17.5 Å². The molecule has 5 nitrogen and oxygen atoms in total. The molecule has 2 heterocycles. The zero-order valence-electron chi connectivity index (χ0n) is 16.0. The second-order valence-corrected chi connectivity index (χ2v) is 7.96. The van der Waals surface area contributed by atoms with E-state index in [4.69, 9.17) is 0 Å². The molecule has 0 aromatic carbocycles. The number of carbonyl (C=O) groups excluding carboxylic acids is 1. The van der Waals surface area contributed by atoms with Crippen molar-refractivity contribution in [2.24, 2.45) is 11.8 Å². The van der Waals surface area contributed by atoms with Crippen molar-refractivity contribution < 1.29 is 4.79 Å². The first-order valence-electron chi connectivity index (χ1n) is 9.41. The Balaban J connectivity index is 1.98. The molecule has 0 saturated carbocycles. The lowest BCUT2D eigenvalue weighted by Crippen LogP contribution is -2.37. The van der Waals surface area contributed by atoms with Crippen molar-refractivity contribution >= 4 is 5.91 Å². The summed E-state index contributed by atoms with van der Waals surface area (Å²) in [7, 11) is 2.16. The van der Waals surface area contributed by atoms with Crippen LogP contribution in [0.1, 0.15) is 68.9 Å². The van der Waals surface area contributed by atoms with Crippen LogP contribution in [-0.4, -0.2) is 47.3 Å². The predicted octanol–water partition coefficient (Wildman–Crippen LogP) is 3.12. The lowest BCUT2D eigenvalue weighted by molar-refractivity contribution is 0.0937. The van der Waals surface area contributed by atoms with Crippen LogP contribution >= 0.6 is 0 Å². The van der Waals surface area contributed by atoms with Crippen LogP contribution in [0, 0.1) is 11.8 Å². The molecule has 0 bridgehead atoms. The summed E-state index contributed by atoms with van der Waals surface area (Å²) in [5, 5.41) is 7.63. The molecule has 2 rings (SSSR count). The molecule has 136 valence electrons. The predicted molar refractivity (Wildman–Crippen MR) is 98.3 cm³/mol. The van der Waals surface area contributed by atoms with Gasteiger partial charge in [-0.05, 0) is 57.2 Å². The van der Waals surface area contributed by atoms with Gasteiger partial charge < -0.3 is 10.2 Å². The van der Waals surface area contributed by atoms with E-state index in [1.165, 1.54) is 12.8 Å². The zero-order chi connectivity index (χ0) is 17.7. The molecule has 5 heteroatoms. The molecule has 1 N–H and O–H groups in total. The Kier molecular flexibility index (Phi) is 6.84. The van der Waals surface area contributed by atoms with Crippen molar-refractivity contribution in [1.29, 1.82) is 0 Å². The maximum atomic E-state index is 12.7. The van der Waals surface area contributed by atoms with Gasteiger partial charge in [0.15, 0.2) is 0 Å². The van der Waals surface area contributed by atoms with E-state index < -0.39 is 0 Å². The van der Waals surface area contributed by atoms with Gasteiger partial charge in [0.25, 0.3) is 5.91 Å². The van der Waals surface area contributed by atoms with Gasteiger partial charge in [-0.2, -0.15) is 5.10 Å². The zero-order valence-corrected chi connectivity index (χ0v) is 16.0. The van der Waals surface area contributed by atoms with Crippen molar-refractivity contribution in [3.63, 3.8) is 0 Å². The highest BCUT2D eigenvalue weighted by Crippen LogP contribution is 2.21. The number of hydrogen-bond acceptors (Lipinski definition) is 3. The summed E-state index contributed by atoms with van der Waals surface area (Å²) in [4.78, 5) is 15.0. The number of hydrogen-bond donors (Lipinski definition) is 1. The molecule has 0 atom stereocenters. The van der Waals surface area contributed by atoms with E-state index in [-0.39, 0.29) is 5.91 Å². The average Bonchev–Trinajstić information content (AvgIpc) is 2.96. The number of carbonyl (C=O) groups is 1. The minimum Gasteiger partial charge on any atom is -0.352 e. The molecule has 1 aliphatic rings. The summed E-state index contributed by atoms with van der Waals surface area (Å²) in [5.41, 5.74) is 1.82. The van der Waals surface area contributed by atoms with Crippen LogP contribution in [0.5, 0.6) is 0 Å². The van der Waals surface area contributed by atoms with Crippen molar-refractivity contribution in [3.8, 4) is 0 Å². The smallest absolute Gasteiger partial charge is 0.254 e. The fourth-order valence-electron chi connectivity index (χ4n) is 3.34. The monoisotopic (exact) mass is 334 g/mol. The maximum absolute atomic E-state index is 12.7. The van der Waals surface area contributed by atoms with Crippen LogP contribution in [0.3, 0.4) is 0 Å². The Morgan fingerprint density at radius 3 is 2.54 bits per heavy atom. The van der Waals surface area contributed by atoms with Crippen LogP contribution in [-0.2, 0) is 6.54 Å². The summed E-state index contributed by atoms with van der Waals surface area (Å²) in [5.74, 6) is 1.57. The maximum Gasteiger partial charge on any atom is 0.254 e. The van der Waals surface area contributed by atoms with E-state index in [1.54, 1.807) is 6.20 Å². The number of likely N-dealkylation sites (tertiary alicyclic amines) is 1. The molecular formula is C19H34N4O. The van der Waals surface area contributed by atoms with E-state index in [0.717, 1.165) is 43.9 Å². The third kappa shape index (κ3) is 5.07. The van der Waals surface area contributed by atoms with E-state index in [1.807, 2.05) is 4.68 Å². The molecule has 1 fully saturated rings. The lowest BCUT2D eigenvalue weighted by atomic mass is 9.97. The summed E-state index contributed by atoms with van der Waals surface area (Å²) in [6.07, 6.45) is 5.17. The molecule has 1 aromatic rings. The molecule has 1 aliphatic heterocycles. The standard InChI is InChI=1S/C19H34N4O/c1-14(2)6-11-23-18(15(3)4)17(13-21-23)19(24)20-12-16-7-9-22(5)10-8-16/h13-16H,6-12H2,1-5H3,(H,20,24). The number of nitrogens with one attached hydrogen (secondary N) is 1. The highest BCUT2D eigenvalue weighted by atomic mass is 16.1. The molecule has 0 unspecified atom stereocenters. The SMILES string of the molecule is CC(C)CCn1ncc(C(=O)NCC2CCN(C)CC2)c1C(C)C. The van der Waals surface area contributed by atoms with Crippen molar-refractivity contribution in [1.82, 2.24) is 20.0 Å². The average molecular weight is 335 g/mol. The van der Waals surface area contributed by atoms with Gasteiger partial charge in [0, 0.05) is 13.1 Å². The first kappa shape index (κ1) is 19.0. The van der Waals surface area contributed by atoms with Gasteiger partial charge in [-0.1, -0.05) is 27.7 Å². The van der Waals surface area contributed by atoms with Crippen molar-refractivity contribution in [2.45, 2.75) is 59.4 Å². The van der Waals surface area contributed by atoms with Crippen molar-refractivity contribution in [2.75, 3.05) is 26.7 Å². The lowest BCUT2D eigenvalue weighted by Gasteiger charge is -2.28. The first-order chi connectivity index (χ1) is 11.4. The van der Waals surface area contributed by atoms with Gasteiger partial charge in [-0.25, -0.2) is 0 Å². The number of rotatable bonds is 7. The molecule has 1 amide bonds. The number of piperidine rings is 1. The fourth-order valence-corrected chi connectivity index (χ4v) is 3.34. The van der Waals surface area contributed by atoms with Crippen LogP contribution in [0.2, 0.25) is 0 Å². The molecular weight excluding hydrogens is 300 g/mol. The minimum atomic E-state index is 0.0356. The molecule has 0 aliphatic carbocycles. The van der Waals surface area contributed by atoms with Crippen molar-refractivity contribution in [3.05, 3.63) is 17.5 Å². The summed E-state index contributed by atoms with van der Waals surface area (Å²) in [6.45, 7) is 12.6. The fraction of sp³-hybridized carbons (Fsp3) is 0.789. The van der Waals surface area contributed by atoms with Gasteiger partial charge in [-0.3, -0.25) is 9.48 Å². The number of amides is 1. The first-order valence-corrected chi connectivity index (χ1v) is 9.41. The van der Waals surface area contributed by atoms with E-state index in [9.17, 15) is 4.79 Å². The van der Waals surface area contributed by atoms with Gasteiger partial charge in [0.1, 0.15) is 0 Å². The van der Waals surface area contributed by atoms with Gasteiger partial charge in [0.2, 0.25) is 0 Å². The Bertz CT molecular complexity index is 527. The highest BCUT2D eigenvalue weighted by molar-refractivity contribution is 5.95. The Hall–Kier alpha value is -1.36. The minimum absolute atomic E-state index is 0.0356. The Labute approximate surface area is 146 Å². The number of nitrogens with zero attached hydrogens (tertiary/aromatic N) is 3. The number of aryl methyl sites for hydroxylation is 1. The molecule has 1 saturated heterocycles. The largest absolute Gasteiger partial charge is 0.352 e. The molecule has 24 heavy (non-hydrogen) atoms. The van der Waals surface area contributed by atoms with E-state index >= 15 is 0 Å². The normalized spacial score (nSPS) is 17.0. The topological polar surface area (TPSA) is 50.2 Å². The summed E-state index contributed by atoms with van der Waals surface area (Å²) in [6, 6.07) is 0. The molecule has 0 spiro atoms. The second-order valence-electron chi connectivity index (χ2n) is 7.96. The third-order valence-electron chi connectivity index (χ3n) is 4.98. The molecule has 0 radical (unpaired) electrons. The number of aromatic nitrogens is 2. The van der Waals surface area contributed by atoms with Crippen LogP contribution in [0.15, 0.2) is 6.20 Å². The third-order valence-corrected chi connectivity index (χ3v) is 4.98. The Morgan fingerprint density at radius 2 is 1.96 bits per heavy atom.